The molecule has 0 atom stereocenters. The minimum Gasteiger partial charge on any atom is -0.258 e. The Kier molecular flexibility index (Phi) is 3.14. The zero-order valence-corrected chi connectivity index (χ0v) is 9.98. The zero-order chi connectivity index (χ0) is 11.5. The Morgan fingerprint density at radius 3 is 2.88 bits per heavy atom. The van der Waals surface area contributed by atoms with Crippen LogP contribution in [-0.2, 0) is 0 Å². The van der Waals surface area contributed by atoms with Crippen molar-refractivity contribution in [3.05, 3.63) is 50.8 Å². The molecule has 5 heteroatoms. The van der Waals surface area contributed by atoms with Crippen molar-refractivity contribution in [2.24, 2.45) is 0 Å². The summed E-state index contributed by atoms with van der Waals surface area (Å²) < 4.78 is 0.614. The lowest BCUT2D eigenvalue weighted by Crippen LogP contribution is -1.98. The molecule has 0 fully saturated rings. The average molecular weight is 281 g/mol. The van der Waals surface area contributed by atoms with Gasteiger partial charge in [0.2, 0.25) is 0 Å². The number of pyridine rings is 1. The van der Waals surface area contributed by atoms with Crippen molar-refractivity contribution in [2.45, 2.75) is 12.8 Å². The summed E-state index contributed by atoms with van der Waals surface area (Å²) in [5.74, 6) is 0. The van der Waals surface area contributed by atoms with Crippen molar-refractivity contribution in [1.29, 1.82) is 0 Å². The molecule has 2 rings (SSSR count). The molecule has 0 N–H and O–H groups in total. The first-order valence-electron chi connectivity index (χ1n) is 4.85. The molecule has 0 aromatic carbocycles. The average Bonchev–Trinajstić information content (AvgIpc) is 2.30. The summed E-state index contributed by atoms with van der Waals surface area (Å²) >= 11 is 3.18. The van der Waals surface area contributed by atoms with Crippen molar-refractivity contribution >= 4 is 27.2 Å². The van der Waals surface area contributed by atoms with Crippen molar-refractivity contribution in [3.63, 3.8) is 0 Å². The van der Waals surface area contributed by atoms with E-state index in [0.717, 1.165) is 18.4 Å². The van der Waals surface area contributed by atoms with Crippen LogP contribution in [0.15, 0.2) is 35.0 Å². The molecular formula is C11H9BrN2O2. The van der Waals surface area contributed by atoms with Crippen LogP contribution in [0.25, 0.3) is 5.57 Å². The number of nitro groups is 1. The van der Waals surface area contributed by atoms with Crippen LogP contribution in [-0.4, -0.2) is 9.91 Å². The maximum absolute atomic E-state index is 10.9. The summed E-state index contributed by atoms with van der Waals surface area (Å²) in [6.45, 7) is 0. The third kappa shape index (κ3) is 2.19. The molecule has 0 spiro atoms. The molecule has 0 amide bonds. The summed E-state index contributed by atoms with van der Waals surface area (Å²) in [5, 5.41) is 10.9. The first-order chi connectivity index (χ1) is 7.68. The van der Waals surface area contributed by atoms with Gasteiger partial charge in [0, 0.05) is 22.3 Å². The van der Waals surface area contributed by atoms with Crippen LogP contribution in [0.5, 0.6) is 0 Å². The van der Waals surface area contributed by atoms with E-state index in [4.69, 9.17) is 0 Å². The molecule has 0 bridgehead atoms. The van der Waals surface area contributed by atoms with Gasteiger partial charge in [0.25, 0.3) is 5.69 Å². The normalized spacial score (nSPS) is 14.7. The lowest BCUT2D eigenvalue weighted by atomic mass is 10.0. The third-order valence-corrected chi connectivity index (χ3v) is 2.73. The maximum atomic E-state index is 10.9. The molecule has 0 saturated carbocycles. The van der Waals surface area contributed by atoms with Gasteiger partial charge in [-0.25, -0.2) is 4.98 Å². The molecule has 0 unspecified atom stereocenters. The zero-order valence-electron chi connectivity index (χ0n) is 8.39. The summed E-state index contributed by atoms with van der Waals surface area (Å²) in [5.41, 5.74) is 1.29. The van der Waals surface area contributed by atoms with Gasteiger partial charge in [-0.3, -0.25) is 10.1 Å². The number of allylic oxidation sites excluding steroid dienone is 4. The fraction of sp³-hybridized carbons (Fsp3) is 0.182. The molecular weight excluding hydrogens is 272 g/mol. The number of rotatable bonds is 2. The van der Waals surface area contributed by atoms with Gasteiger partial charge in [-0.1, -0.05) is 18.2 Å². The molecule has 0 radical (unpaired) electrons. The van der Waals surface area contributed by atoms with Gasteiger partial charge in [0.1, 0.15) is 5.69 Å². The van der Waals surface area contributed by atoms with Crippen LogP contribution in [0.1, 0.15) is 18.5 Å². The molecule has 0 saturated heterocycles. The Morgan fingerprint density at radius 1 is 1.44 bits per heavy atom. The van der Waals surface area contributed by atoms with E-state index in [1.807, 2.05) is 18.2 Å². The van der Waals surface area contributed by atoms with E-state index < -0.39 is 4.92 Å². The Labute approximate surface area is 101 Å². The minimum absolute atomic E-state index is 0.0344. The van der Waals surface area contributed by atoms with Crippen LogP contribution in [0.4, 0.5) is 5.69 Å². The summed E-state index contributed by atoms with van der Waals surface area (Å²) in [7, 11) is 0. The SMILES string of the molecule is O=[N+]([O-])c1cc(Br)cnc1C1=CCCC=C1. The van der Waals surface area contributed by atoms with E-state index in [9.17, 15) is 10.1 Å². The molecule has 1 aliphatic carbocycles. The molecule has 0 aliphatic heterocycles. The van der Waals surface area contributed by atoms with Gasteiger partial charge in [-0.05, 0) is 28.8 Å². The molecule has 4 nitrogen and oxygen atoms in total. The van der Waals surface area contributed by atoms with E-state index in [1.165, 1.54) is 6.07 Å². The Bertz CT molecular complexity index is 495. The maximum Gasteiger partial charge on any atom is 0.296 e. The van der Waals surface area contributed by atoms with Gasteiger partial charge in [-0.2, -0.15) is 0 Å². The smallest absolute Gasteiger partial charge is 0.258 e. The second-order valence-corrected chi connectivity index (χ2v) is 4.33. The molecule has 16 heavy (non-hydrogen) atoms. The second-order valence-electron chi connectivity index (χ2n) is 3.42. The van der Waals surface area contributed by atoms with Crippen LogP contribution < -0.4 is 0 Å². The first-order valence-corrected chi connectivity index (χ1v) is 5.65. The molecule has 1 heterocycles. The summed E-state index contributed by atoms with van der Waals surface area (Å²) in [6, 6.07) is 1.48. The molecule has 1 aromatic rings. The van der Waals surface area contributed by atoms with Crippen LogP contribution in [0, 0.1) is 10.1 Å². The van der Waals surface area contributed by atoms with E-state index in [2.05, 4.69) is 20.9 Å². The fourth-order valence-corrected chi connectivity index (χ4v) is 1.90. The van der Waals surface area contributed by atoms with E-state index in [0.29, 0.717) is 10.2 Å². The van der Waals surface area contributed by atoms with Crippen molar-refractivity contribution < 1.29 is 4.92 Å². The fourth-order valence-electron chi connectivity index (χ4n) is 1.58. The highest BCUT2D eigenvalue weighted by molar-refractivity contribution is 9.10. The number of hydrogen-bond acceptors (Lipinski definition) is 3. The van der Waals surface area contributed by atoms with Gasteiger partial charge in [-0.15, -0.1) is 0 Å². The van der Waals surface area contributed by atoms with Gasteiger partial charge in [0.15, 0.2) is 0 Å². The number of aromatic nitrogens is 1. The molecule has 82 valence electrons. The largest absolute Gasteiger partial charge is 0.296 e. The Morgan fingerprint density at radius 2 is 2.25 bits per heavy atom. The molecule has 1 aliphatic rings. The highest BCUT2D eigenvalue weighted by Crippen LogP contribution is 2.29. The highest BCUT2D eigenvalue weighted by atomic mass is 79.9. The highest BCUT2D eigenvalue weighted by Gasteiger charge is 2.18. The second kappa shape index (κ2) is 4.57. The predicted octanol–water partition coefficient (Wildman–Crippen LogP) is 3.49. The Balaban J connectivity index is 2.51. The number of halogens is 1. The van der Waals surface area contributed by atoms with Crippen LogP contribution in [0.3, 0.4) is 0 Å². The number of hydrogen-bond donors (Lipinski definition) is 0. The van der Waals surface area contributed by atoms with E-state index in [-0.39, 0.29) is 5.69 Å². The quantitative estimate of drug-likeness (QED) is 0.616. The van der Waals surface area contributed by atoms with Gasteiger partial charge < -0.3 is 0 Å². The van der Waals surface area contributed by atoms with Crippen molar-refractivity contribution in [2.75, 3.05) is 0 Å². The Hall–Kier alpha value is -1.49. The number of nitrogens with zero attached hydrogens (tertiary/aromatic N) is 2. The summed E-state index contributed by atoms with van der Waals surface area (Å²) in [6.07, 6.45) is 9.32. The van der Waals surface area contributed by atoms with Crippen molar-refractivity contribution in [1.82, 2.24) is 4.98 Å². The molecule has 1 aromatic heterocycles. The van der Waals surface area contributed by atoms with Crippen LogP contribution in [0.2, 0.25) is 0 Å². The summed E-state index contributed by atoms with van der Waals surface area (Å²) in [4.78, 5) is 14.6. The minimum atomic E-state index is -0.406. The predicted molar refractivity (Wildman–Crippen MR) is 64.9 cm³/mol. The van der Waals surface area contributed by atoms with E-state index in [1.54, 1.807) is 6.20 Å². The first kappa shape index (κ1) is 11.0. The van der Waals surface area contributed by atoms with Gasteiger partial charge >= 0.3 is 0 Å². The van der Waals surface area contributed by atoms with Crippen molar-refractivity contribution in [3.8, 4) is 0 Å². The standard InChI is InChI=1S/C11H9BrN2O2/c12-9-6-10(14(15)16)11(13-7-9)8-4-2-1-3-5-8/h2,4-7H,1,3H2. The van der Waals surface area contributed by atoms with E-state index >= 15 is 0 Å². The third-order valence-electron chi connectivity index (χ3n) is 2.30. The monoisotopic (exact) mass is 280 g/mol. The van der Waals surface area contributed by atoms with Crippen LogP contribution >= 0.6 is 15.9 Å². The topological polar surface area (TPSA) is 56.0 Å². The lowest BCUT2D eigenvalue weighted by Gasteiger charge is -2.06. The lowest BCUT2D eigenvalue weighted by molar-refractivity contribution is -0.385. The van der Waals surface area contributed by atoms with Gasteiger partial charge in [0.05, 0.1) is 4.92 Å².